The second-order valence-corrected chi connectivity index (χ2v) is 7.86. The standard InChI is InChI=1S/C17H35N3O/c1-15(2)10-18-12-17(7-9-21-14-17)13-20-8-5-6-16(20)11-19(3)4/h15-16,18H,5-14H2,1-4H3. The van der Waals surface area contributed by atoms with Gasteiger partial charge in [0.05, 0.1) is 6.61 Å². The number of ether oxygens (including phenoxy) is 1. The summed E-state index contributed by atoms with van der Waals surface area (Å²) in [6, 6.07) is 0.738. The van der Waals surface area contributed by atoms with Crippen molar-refractivity contribution in [2.75, 3.05) is 60.0 Å². The van der Waals surface area contributed by atoms with E-state index in [2.05, 4.69) is 43.1 Å². The molecule has 0 aromatic rings. The fraction of sp³-hybridized carbons (Fsp3) is 1.00. The molecule has 0 saturated carbocycles. The van der Waals surface area contributed by atoms with Crippen LogP contribution in [0.25, 0.3) is 0 Å². The first-order chi connectivity index (χ1) is 10.0. The predicted octanol–water partition coefficient (Wildman–Crippen LogP) is 1.66. The van der Waals surface area contributed by atoms with E-state index in [-0.39, 0.29) is 0 Å². The van der Waals surface area contributed by atoms with Gasteiger partial charge in [-0.25, -0.2) is 0 Å². The molecule has 0 bridgehead atoms. The average Bonchev–Trinajstić information content (AvgIpc) is 3.00. The van der Waals surface area contributed by atoms with Gasteiger partial charge in [-0.2, -0.15) is 0 Å². The molecule has 0 radical (unpaired) electrons. The van der Waals surface area contributed by atoms with E-state index in [0.717, 1.165) is 38.3 Å². The molecule has 0 aliphatic carbocycles. The summed E-state index contributed by atoms with van der Waals surface area (Å²) in [4.78, 5) is 5.06. The molecule has 4 heteroatoms. The van der Waals surface area contributed by atoms with Gasteiger partial charge in [0.2, 0.25) is 0 Å². The number of nitrogens with zero attached hydrogens (tertiary/aromatic N) is 2. The van der Waals surface area contributed by atoms with E-state index in [0.29, 0.717) is 5.41 Å². The Balaban J connectivity index is 1.89. The lowest BCUT2D eigenvalue weighted by molar-refractivity contribution is 0.0947. The molecular formula is C17H35N3O. The highest BCUT2D eigenvalue weighted by molar-refractivity contribution is 4.92. The Morgan fingerprint density at radius 2 is 2.19 bits per heavy atom. The van der Waals surface area contributed by atoms with Gasteiger partial charge in [0.15, 0.2) is 0 Å². The molecule has 0 spiro atoms. The highest BCUT2D eigenvalue weighted by Gasteiger charge is 2.39. The van der Waals surface area contributed by atoms with Crippen LogP contribution in [-0.2, 0) is 4.74 Å². The zero-order valence-corrected chi connectivity index (χ0v) is 14.5. The summed E-state index contributed by atoms with van der Waals surface area (Å²) in [6.45, 7) is 12.3. The minimum absolute atomic E-state index is 0.337. The minimum atomic E-state index is 0.337. The third kappa shape index (κ3) is 5.20. The predicted molar refractivity (Wildman–Crippen MR) is 88.7 cm³/mol. The molecule has 0 aromatic carbocycles. The molecular weight excluding hydrogens is 262 g/mol. The maximum atomic E-state index is 5.77. The number of likely N-dealkylation sites (N-methyl/N-ethyl adjacent to an activating group) is 1. The molecule has 2 aliphatic heterocycles. The van der Waals surface area contributed by atoms with Crippen LogP contribution in [0, 0.1) is 11.3 Å². The molecule has 21 heavy (non-hydrogen) atoms. The minimum Gasteiger partial charge on any atom is -0.381 e. The second-order valence-electron chi connectivity index (χ2n) is 7.86. The van der Waals surface area contributed by atoms with Crippen LogP contribution in [0.5, 0.6) is 0 Å². The first-order valence-electron chi connectivity index (χ1n) is 8.68. The Morgan fingerprint density at radius 3 is 2.81 bits per heavy atom. The molecule has 2 atom stereocenters. The summed E-state index contributed by atoms with van der Waals surface area (Å²) in [6.07, 6.45) is 3.92. The SMILES string of the molecule is CC(C)CNCC1(CN2CCCC2CN(C)C)CCOC1. The lowest BCUT2D eigenvalue weighted by Crippen LogP contribution is -2.48. The molecule has 0 aromatic heterocycles. The first-order valence-corrected chi connectivity index (χ1v) is 8.68. The third-order valence-corrected chi connectivity index (χ3v) is 4.85. The monoisotopic (exact) mass is 297 g/mol. The summed E-state index contributed by atoms with van der Waals surface area (Å²) in [5, 5.41) is 3.68. The third-order valence-electron chi connectivity index (χ3n) is 4.85. The van der Waals surface area contributed by atoms with Crippen LogP contribution in [0.15, 0.2) is 0 Å². The van der Waals surface area contributed by atoms with Crippen molar-refractivity contribution >= 4 is 0 Å². The van der Waals surface area contributed by atoms with E-state index in [1.54, 1.807) is 0 Å². The molecule has 2 fully saturated rings. The Kier molecular flexibility index (Phi) is 6.48. The molecule has 2 heterocycles. The highest BCUT2D eigenvalue weighted by Crippen LogP contribution is 2.32. The quantitative estimate of drug-likeness (QED) is 0.737. The van der Waals surface area contributed by atoms with Crippen LogP contribution in [0.2, 0.25) is 0 Å². The van der Waals surface area contributed by atoms with Crippen molar-refractivity contribution in [3.8, 4) is 0 Å². The van der Waals surface area contributed by atoms with Crippen LogP contribution in [0.4, 0.5) is 0 Å². The molecule has 2 rings (SSSR count). The molecule has 2 unspecified atom stereocenters. The zero-order valence-electron chi connectivity index (χ0n) is 14.5. The largest absolute Gasteiger partial charge is 0.381 e. The molecule has 0 amide bonds. The van der Waals surface area contributed by atoms with Crippen molar-refractivity contribution in [1.29, 1.82) is 0 Å². The van der Waals surface area contributed by atoms with Crippen LogP contribution in [-0.4, -0.2) is 75.9 Å². The number of hydrogen-bond donors (Lipinski definition) is 1. The number of likely N-dealkylation sites (tertiary alicyclic amines) is 1. The second kappa shape index (κ2) is 7.91. The van der Waals surface area contributed by atoms with Crippen molar-refractivity contribution < 1.29 is 4.74 Å². The highest BCUT2D eigenvalue weighted by atomic mass is 16.5. The summed E-state index contributed by atoms with van der Waals surface area (Å²) >= 11 is 0. The zero-order chi connectivity index (χ0) is 15.3. The maximum absolute atomic E-state index is 5.77. The lowest BCUT2D eigenvalue weighted by atomic mass is 9.86. The van der Waals surface area contributed by atoms with Crippen LogP contribution < -0.4 is 5.32 Å². The molecule has 124 valence electrons. The van der Waals surface area contributed by atoms with Crippen molar-refractivity contribution in [1.82, 2.24) is 15.1 Å². The smallest absolute Gasteiger partial charge is 0.0547 e. The van der Waals surface area contributed by atoms with Gasteiger partial charge in [-0.3, -0.25) is 4.90 Å². The molecule has 2 saturated heterocycles. The van der Waals surface area contributed by atoms with Gasteiger partial charge in [0, 0.05) is 37.7 Å². The van der Waals surface area contributed by atoms with E-state index in [1.165, 1.54) is 38.9 Å². The van der Waals surface area contributed by atoms with E-state index in [9.17, 15) is 0 Å². The number of hydrogen-bond acceptors (Lipinski definition) is 4. The fourth-order valence-corrected chi connectivity index (χ4v) is 3.76. The van der Waals surface area contributed by atoms with Gasteiger partial charge in [0.1, 0.15) is 0 Å². The van der Waals surface area contributed by atoms with Crippen LogP contribution in [0.3, 0.4) is 0 Å². The molecule has 4 nitrogen and oxygen atoms in total. The van der Waals surface area contributed by atoms with Crippen molar-refractivity contribution in [2.24, 2.45) is 11.3 Å². The Labute approximate surface area is 131 Å². The molecule has 2 aliphatic rings. The van der Waals surface area contributed by atoms with E-state index < -0.39 is 0 Å². The van der Waals surface area contributed by atoms with Crippen molar-refractivity contribution in [3.63, 3.8) is 0 Å². The Hall–Kier alpha value is -0.160. The van der Waals surface area contributed by atoms with Gasteiger partial charge >= 0.3 is 0 Å². The van der Waals surface area contributed by atoms with Crippen LogP contribution >= 0.6 is 0 Å². The first kappa shape index (κ1) is 17.2. The number of nitrogens with one attached hydrogen (secondary N) is 1. The summed E-state index contributed by atoms with van der Waals surface area (Å²) in [5.74, 6) is 0.720. The van der Waals surface area contributed by atoms with Crippen molar-refractivity contribution in [3.05, 3.63) is 0 Å². The van der Waals surface area contributed by atoms with E-state index >= 15 is 0 Å². The topological polar surface area (TPSA) is 27.7 Å². The number of rotatable bonds is 8. The van der Waals surface area contributed by atoms with Gasteiger partial charge < -0.3 is 15.0 Å². The van der Waals surface area contributed by atoms with Gasteiger partial charge in [-0.15, -0.1) is 0 Å². The van der Waals surface area contributed by atoms with Gasteiger partial charge in [-0.1, -0.05) is 13.8 Å². The van der Waals surface area contributed by atoms with Gasteiger partial charge in [-0.05, 0) is 52.4 Å². The van der Waals surface area contributed by atoms with Crippen LogP contribution in [0.1, 0.15) is 33.1 Å². The molecule has 1 N–H and O–H groups in total. The summed E-state index contributed by atoms with van der Waals surface area (Å²) in [5.41, 5.74) is 0.337. The Bertz CT molecular complexity index is 300. The Morgan fingerprint density at radius 1 is 1.38 bits per heavy atom. The lowest BCUT2D eigenvalue weighted by Gasteiger charge is -2.36. The summed E-state index contributed by atoms with van der Waals surface area (Å²) in [7, 11) is 4.38. The van der Waals surface area contributed by atoms with E-state index in [1.807, 2.05) is 0 Å². The van der Waals surface area contributed by atoms with Crippen molar-refractivity contribution in [2.45, 2.75) is 39.2 Å². The fourth-order valence-electron chi connectivity index (χ4n) is 3.76. The summed E-state index contributed by atoms with van der Waals surface area (Å²) < 4.78 is 5.77. The van der Waals surface area contributed by atoms with E-state index in [4.69, 9.17) is 4.74 Å². The van der Waals surface area contributed by atoms with Gasteiger partial charge in [0.25, 0.3) is 0 Å². The maximum Gasteiger partial charge on any atom is 0.0547 e. The normalized spacial score (nSPS) is 30.9. The average molecular weight is 297 g/mol.